The number of benzene rings is 1. The largest absolute Gasteiger partial charge is 0.398 e. The number of aliphatic hydroxyl groups is 1. The number of nitrogens with two attached hydrogens (primary N) is 1. The lowest BCUT2D eigenvalue weighted by molar-refractivity contribution is 0.0548. The van der Waals surface area contributed by atoms with Gasteiger partial charge in [0.25, 0.3) is 0 Å². The molecule has 1 aliphatic rings. The molecule has 17 heavy (non-hydrogen) atoms. The maximum atomic E-state index is 12.1. The smallest absolute Gasteiger partial charge is 0.244 e. The van der Waals surface area contributed by atoms with Gasteiger partial charge in [0, 0.05) is 18.8 Å². The van der Waals surface area contributed by atoms with Gasteiger partial charge in [-0.2, -0.15) is 4.31 Å². The Labute approximate surface area is 105 Å². The molecule has 1 saturated heterocycles. The Morgan fingerprint density at radius 3 is 2.59 bits per heavy atom. The molecule has 0 atom stereocenters. The van der Waals surface area contributed by atoms with Gasteiger partial charge in [-0.1, -0.05) is 11.6 Å². The Balaban J connectivity index is 2.43. The molecule has 0 saturated carbocycles. The summed E-state index contributed by atoms with van der Waals surface area (Å²) in [6, 6.07) is 2.89. The van der Waals surface area contributed by atoms with Crippen LogP contribution in [0.1, 0.15) is 5.56 Å². The molecule has 94 valence electrons. The number of hydrogen-bond donors (Lipinski definition) is 2. The summed E-state index contributed by atoms with van der Waals surface area (Å²) in [5, 5.41) is 9.28. The van der Waals surface area contributed by atoms with Gasteiger partial charge in [0.1, 0.15) is 4.90 Å². The summed E-state index contributed by atoms with van der Waals surface area (Å²) in [6.07, 6.45) is -0.591. The molecule has 2 rings (SSSR count). The van der Waals surface area contributed by atoms with E-state index in [1.54, 1.807) is 6.92 Å². The minimum absolute atomic E-state index is 0.00540. The molecule has 0 unspecified atom stereocenters. The van der Waals surface area contributed by atoms with Crippen molar-refractivity contribution < 1.29 is 13.5 Å². The van der Waals surface area contributed by atoms with Gasteiger partial charge in [0.2, 0.25) is 10.0 Å². The quantitative estimate of drug-likeness (QED) is 0.775. The van der Waals surface area contributed by atoms with E-state index in [0.29, 0.717) is 5.69 Å². The topological polar surface area (TPSA) is 83.6 Å². The minimum atomic E-state index is -3.64. The zero-order valence-electron chi connectivity index (χ0n) is 9.22. The monoisotopic (exact) mass is 276 g/mol. The summed E-state index contributed by atoms with van der Waals surface area (Å²) in [7, 11) is -3.64. The first-order valence-electron chi connectivity index (χ1n) is 5.06. The Morgan fingerprint density at radius 1 is 1.47 bits per heavy atom. The van der Waals surface area contributed by atoms with Gasteiger partial charge in [-0.05, 0) is 24.6 Å². The molecule has 1 fully saturated rings. The average Bonchev–Trinajstić information content (AvgIpc) is 2.18. The molecule has 5 nitrogen and oxygen atoms in total. The number of nitrogens with zero attached hydrogens (tertiary/aromatic N) is 1. The van der Waals surface area contributed by atoms with Crippen LogP contribution in [0, 0.1) is 6.92 Å². The molecular formula is C10H13ClN2O3S. The van der Waals surface area contributed by atoms with Crippen LogP contribution < -0.4 is 5.73 Å². The van der Waals surface area contributed by atoms with Crippen LogP contribution in [-0.2, 0) is 10.0 Å². The van der Waals surface area contributed by atoms with Crippen LogP contribution in [0.25, 0.3) is 0 Å². The highest BCUT2D eigenvalue weighted by atomic mass is 35.5. The number of hydrogen-bond acceptors (Lipinski definition) is 4. The van der Waals surface area contributed by atoms with Crippen LogP contribution in [0.5, 0.6) is 0 Å². The van der Waals surface area contributed by atoms with E-state index in [1.807, 2.05) is 0 Å². The van der Waals surface area contributed by atoms with Crippen LogP contribution in [0.2, 0.25) is 5.02 Å². The molecular weight excluding hydrogens is 264 g/mol. The molecule has 1 aromatic rings. The van der Waals surface area contributed by atoms with Crippen LogP contribution in [0.3, 0.4) is 0 Å². The van der Waals surface area contributed by atoms with E-state index < -0.39 is 16.1 Å². The molecule has 3 N–H and O–H groups in total. The molecule has 0 amide bonds. The van der Waals surface area contributed by atoms with Gasteiger partial charge >= 0.3 is 0 Å². The number of anilines is 1. The minimum Gasteiger partial charge on any atom is -0.398 e. The van der Waals surface area contributed by atoms with Gasteiger partial charge in [-0.15, -0.1) is 0 Å². The summed E-state index contributed by atoms with van der Waals surface area (Å²) >= 11 is 5.92. The first kappa shape index (κ1) is 12.6. The Morgan fingerprint density at radius 2 is 2.06 bits per heavy atom. The second-order valence-corrected chi connectivity index (χ2v) is 6.43. The maximum Gasteiger partial charge on any atom is 0.244 e. The first-order valence-corrected chi connectivity index (χ1v) is 6.88. The molecule has 1 aromatic carbocycles. The van der Waals surface area contributed by atoms with Crippen molar-refractivity contribution in [3.8, 4) is 0 Å². The maximum absolute atomic E-state index is 12.1. The molecule has 0 spiro atoms. The van der Waals surface area contributed by atoms with Crippen molar-refractivity contribution in [1.82, 2.24) is 4.31 Å². The standard InChI is InChI=1S/C10H13ClN2O3S/c1-6-2-8(11)10(3-9(6)12)17(15,16)13-4-7(14)5-13/h2-3,7,14H,4-5,12H2,1H3. The predicted octanol–water partition coefficient (Wildman–Crippen LogP) is 0.596. The van der Waals surface area contributed by atoms with E-state index in [0.717, 1.165) is 5.56 Å². The van der Waals surface area contributed by atoms with Crippen LogP contribution in [0.15, 0.2) is 17.0 Å². The van der Waals surface area contributed by atoms with Crippen LogP contribution in [-0.4, -0.2) is 37.0 Å². The van der Waals surface area contributed by atoms with Crippen molar-refractivity contribution in [2.75, 3.05) is 18.8 Å². The van der Waals surface area contributed by atoms with E-state index in [1.165, 1.54) is 16.4 Å². The highest BCUT2D eigenvalue weighted by Crippen LogP contribution is 2.30. The van der Waals surface area contributed by atoms with E-state index in [4.69, 9.17) is 22.4 Å². The number of β-amino-alcohol motifs (C(OH)–C–C–N with tert-alkyl or cyclic N) is 1. The third-order valence-electron chi connectivity index (χ3n) is 2.77. The molecule has 0 aliphatic carbocycles. The molecule has 1 heterocycles. The van der Waals surface area contributed by atoms with E-state index in [-0.39, 0.29) is 23.0 Å². The lowest BCUT2D eigenvalue weighted by Crippen LogP contribution is -2.53. The number of aryl methyl sites for hydroxylation is 1. The zero-order chi connectivity index (χ0) is 12.8. The van der Waals surface area contributed by atoms with Crippen LogP contribution >= 0.6 is 11.6 Å². The average molecular weight is 277 g/mol. The van der Waals surface area contributed by atoms with Gasteiger partial charge in [0.05, 0.1) is 11.1 Å². The zero-order valence-corrected chi connectivity index (χ0v) is 10.8. The Bertz CT molecular complexity index is 553. The molecule has 0 bridgehead atoms. The highest BCUT2D eigenvalue weighted by Gasteiger charge is 2.36. The molecule has 0 radical (unpaired) electrons. The number of nitrogen functional groups attached to an aromatic ring is 1. The van der Waals surface area contributed by atoms with Crippen molar-refractivity contribution in [2.24, 2.45) is 0 Å². The van der Waals surface area contributed by atoms with Crippen molar-refractivity contribution in [3.05, 3.63) is 22.7 Å². The third kappa shape index (κ3) is 2.13. The fourth-order valence-electron chi connectivity index (χ4n) is 1.62. The van der Waals surface area contributed by atoms with Gasteiger partial charge in [-0.25, -0.2) is 8.42 Å². The summed E-state index contributed by atoms with van der Waals surface area (Å²) < 4.78 is 25.4. The summed E-state index contributed by atoms with van der Waals surface area (Å²) in [5.41, 5.74) is 6.80. The fourth-order valence-corrected chi connectivity index (χ4v) is 3.73. The van der Waals surface area contributed by atoms with E-state index >= 15 is 0 Å². The number of halogens is 1. The molecule has 7 heteroatoms. The van der Waals surface area contributed by atoms with Gasteiger partial charge < -0.3 is 10.8 Å². The number of aliphatic hydroxyl groups excluding tert-OH is 1. The predicted molar refractivity (Wildman–Crippen MR) is 65.4 cm³/mol. The summed E-state index contributed by atoms with van der Waals surface area (Å²) in [6.45, 7) is 1.96. The SMILES string of the molecule is Cc1cc(Cl)c(S(=O)(=O)N2CC(O)C2)cc1N. The first-order chi connectivity index (χ1) is 7.82. The van der Waals surface area contributed by atoms with Gasteiger partial charge in [-0.3, -0.25) is 0 Å². The highest BCUT2D eigenvalue weighted by molar-refractivity contribution is 7.89. The van der Waals surface area contributed by atoms with Crippen molar-refractivity contribution >= 4 is 27.3 Å². The molecule has 1 aliphatic heterocycles. The lowest BCUT2D eigenvalue weighted by atomic mass is 10.2. The van der Waals surface area contributed by atoms with Crippen molar-refractivity contribution in [3.63, 3.8) is 0 Å². The van der Waals surface area contributed by atoms with Crippen molar-refractivity contribution in [2.45, 2.75) is 17.9 Å². The second kappa shape index (κ2) is 4.13. The van der Waals surface area contributed by atoms with E-state index in [2.05, 4.69) is 0 Å². The van der Waals surface area contributed by atoms with Gasteiger partial charge in [0.15, 0.2) is 0 Å². The fraction of sp³-hybridized carbons (Fsp3) is 0.400. The Kier molecular flexibility index (Phi) is 3.07. The van der Waals surface area contributed by atoms with Crippen molar-refractivity contribution in [1.29, 1.82) is 0 Å². The second-order valence-electron chi connectivity index (χ2n) is 4.12. The molecule has 0 aromatic heterocycles. The summed E-state index contributed by atoms with van der Waals surface area (Å²) in [4.78, 5) is -0.00540. The number of sulfonamides is 1. The normalized spacial score (nSPS) is 18.1. The number of rotatable bonds is 2. The lowest BCUT2D eigenvalue weighted by Gasteiger charge is -2.34. The Hall–Kier alpha value is -0.820. The third-order valence-corrected chi connectivity index (χ3v) is 5.06. The summed E-state index contributed by atoms with van der Waals surface area (Å²) in [5.74, 6) is 0. The van der Waals surface area contributed by atoms with E-state index in [9.17, 15) is 8.42 Å². The van der Waals surface area contributed by atoms with Crippen LogP contribution in [0.4, 0.5) is 5.69 Å².